The molecule has 1 N–H and O–H groups in total. The summed E-state index contributed by atoms with van der Waals surface area (Å²) in [5, 5.41) is 5.72. The van der Waals surface area contributed by atoms with Crippen LogP contribution < -0.4 is 5.32 Å². The molecule has 0 bridgehead atoms. The maximum atomic E-state index is 3.51. The number of thiophene rings is 1. The lowest BCUT2D eigenvalue weighted by Crippen LogP contribution is -2.35. The highest BCUT2D eigenvalue weighted by Gasteiger charge is 2.18. The molecule has 0 spiro atoms. The molecule has 2 rings (SSSR count). The Kier molecular flexibility index (Phi) is 5.48. The van der Waals surface area contributed by atoms with Crippen LogP contribution in [0.1, 0.15) is 31.2 Å². The van der Waals surface area contributed by atoms with Gasteiger partial charge in [-0.2, -0.15) is 0 Å². The Balaban J connectivity index is 1.59. The molecule has 96 valence electrons. The van der Waals surface area contributed by atoms with Gasteiger partial charge in [-0.15, -0.1) is 11.3 Å². The second-order valence-corrected chi connectivity index (χ2v) is 7.15. The number of hydrogen-bond donors (Lipinski definition) is 1. The zero-order chi connectivity index (χ0) is 12.1. The largest absolute Gasteiger partial charge is 0.311 e. The van der Waals surface area contributed by atoms with Gasteiger partial charge in [0, 0.05) is 25.7 Å². The minimum Gasteiger partial charge on any atom is -0.311 e. The zero-order valence-corrected chi connectivity index (χ0v) is 12.8. The molecule has 1 saturated carbocycles. The molecule has 0 unspecified atom stereocenters. The molecule has 0 radical (unpaired) electrons. The van der Waals surface area contributed by atoms with E-state index in [4.69, 9.17) is 0 Å². The highest BCUT2D eigenvalue weighted by Crippen LogP contribution is 2.22. The Morgan fingerprint density at radius 1 is 1.47 bits per heavy atom. The summed E-state index contributed by atoms with van der Waals surface area (Å²) in [6, 6.07) is 3.03. The Morgan fingerprint density at radius 3 is 2.88 bits per heavy atom. The quantitative estimate of drug-likeness (QED) is 0.808. The molecular weight excluding hydrogens is 296 g/mol. The number of rotatable bonds is 6. The summed E-state index contributed by atoms with van der Waals surface area (Å²) in [7, 11) is 2.26. The van der Waals surface area contributed by atoms with Gasteiger partial charge in [0.15, 0.2) is 0 Å². The van der Waals surface area contributed by atoms with E-state index in [0.717, 1.165) is 25.7 Å². The van der Waals surface area contributed by atoms with Gasteiger partial charge in [0.25, 0.3) is 0 Å². The summed E-state index contributed by atoms with van der Waals surface area (Å²) in [5.41, 5.74) is 1.38. The minimum absolute atomic E-state index is 0.840. The molecule has 4 heteroatoms. The molecule has 17 heavy (non-hydrogen) atoms. The predicted molar refractivity (Wildman–Crippen MR) is 78.6 cm³/mol. The van der Waals surface area contributed by atoms with Crippen molar-refractivity contribution in [2.24, 2.45) is 0 Å². The van der Waals surface area contributed by atoms with Crippen molar-refractivity contribution >= 4 is 27.3 Å². The topological polar surface area (TPSA) is 15.3 Å². The number of hydrogen-bond acceptors (Lipinski definition) is 3. The van der Waals surface area contributed by atoms with Crippen molar-refractivity contribution in [1.29, 1.82) is 0 Å². The molecular formula is C13H21BrN2S. The van der Waals surface area contributed by atoms with E-state index in [2.05, 4.69) is 44.6 Å². The molecule has 1 aliphatic rings. The average Bonchev–Trinajstić information content (AvgIpc) is 2.95. The van der Waals surface area contributed by atoms with Crippen LogP contribution in [0.15, 0.2) is 15.2 Å². The summed E-state index contributed by atoms with van der Waals surface area (Å²) < 4.78 is 1.22. The first-order valence-electron chi connectivity index (χ1n) is 6.39. The fourth-order valence-electron chi connectivity index (χ4n) is 2.45. The highest BCUT2D eigenvalue weighted by molar-refractivity contribution is 9.11. The second-order valence-electron chi connectivity index (χ2n) is 4.85. The maximum Gasteiger partial charge on any atom is 0.0701 e. The van der Waals surface area contributed by atoms with Gasteiger partial charge in [-0.05, 0) is 52.8 Å². The number of nitrogens with one attached hydrogen (secondary N) is 1. The zero-order valence-electron chi connectivity index (χ0n) is 10.4. The number of likely N-dealkylation sites (N-methyl/N-ethyl adjacent to an activating group) is 1. The summed E-state index contributed by atoms with van der Waals surface area (Å²) in [5.74, 6) is 0. The van der Waals surface area contributed by atoms with E-state index in [9.17, 15) is 0 Å². The van der Waals surface area contributed by atoms with E-state index < -0.39 is 0 Å². The SMILES string of the molecule is CN(CCNCc1csc(Br)c1)C1CCCC1. The van der Waals surface area contributed by atoms with Crippen molar-refractivity contribution in [1.82, 2.24) is 10.2 Å². The summed E-state index contributed by atoms with van der Waals surface area (Å²) in [4.78, 5) is 2.52. The molecule has 1 aromatic rings. The first-order valence-corrected chi connectivity index (χ1v) is 8.07. The Morgan fingerprint density at radius 2 is 2.24 bits per heavy atom. The maximum absolute atomic E-state index is 3.51. The molecule has 0 aromatic carbocycles. The highest BCUT2D eigenvalue weighted by atomic mass is 79.9. The lowest BCUT2D eigenvalue weighted by molar-refractivity contribution is 0.245. The number of halogens is 1. The van der Waals surface area contributed by atoms with Crippen LogP contribution in [0.3, 0.4) is 0 Å². The average molecular weight is 317 g/mol. The third-order valence-corrected chi connectivity index (χ3v) is 5.09. The molecule has 1 heterocycles. The summed E-state index contributed by atoms with van der Waals surface area (Å²) >= 11 is 5.25. The van der Waals surface area contributed by atoms with Crippen LogP contribution >= 0.6 is 27.3 Å². The van der Waals surface area contributed by atoms with E-state index >= 15 is 0 Å². The molecule has 1 aliphatic carbocycles. The summed E-state index contributed by atoms with van der Waals surface area (Å²) in [6.45, 7) is 3.23. The van der Waals surface area contributed by atoms with Crippen molar-refractivity contribution in [2.45, 2.75) is 38.3 Å². The summed E-state index contributed by atoms with van der Waals surface area (Å²) in [6.07, 6.45) is 5.64. The van der Waals surface area contributed by atoms with Crippen LogP contribution in [-0.4, -0.2) is 31.1 Å². The van der Waals surface area contributed by atoms with Gasteiger partial charge in [0.05, 0.1) is 3.79 Å². The van der Waals surface area contributed by atoms with E-state index in [-0.39, 0.29) is 0 Å². The fraction of sp³-hybridized carbons (Fsp3) is 0.692. The van der Waals surface area contributed by atoms with E-state index in [1.807, 2.05) is 0 Å². The first kappa shape index (κ1) is 13.5. The normalized spacial score (nSPS) is 17.1. The number of nitrogens with zero attached hydrogens (tertiary/aromatic N) is 1. The predicted octanol–water partition coefficient (Wildman–Crippen LogP) is 3.47. The van der Waals surface area contributed by atoms with Crippen LogP contribution in [0.5, 0.6) is 0 Å². The van der Waals surface area contributed by atoms with Crippen LogP contribution in [0.4, 0.5) is 0 Å². The molecule has 0 atom stereocenters. The Bertz CT molecular complexity index is 334. The van der Waals surface area contributed by atoms with Crippen molar-refractivity contribution in [3.05, 3.63) is 20.8 Å². The molecule has 1 aromatic heterocycles. The Labute approximate surface area is 117 Å². The van der Waals surface area contributed by atoms with Crippen molar-refractivity contribution in [3.8, 4) is 0 Å². The lowest BCUT2D eigenvalue weighted by Gasteiger charge is -2.23. The van der Waals surface area contributed by atoms with Crippen molar-refractivity contribution in [2.75, 3.05) is 20.1 Å². The van der Waals surface area contributed by atoms with Crippen LogP contribution in [0.25, 0.3) is 0 Å². The minimum atomic E-state index is 0.840. The van der Waals surface area contributed by atoms with Gasteiger partial charge in [-0.25, -0.2) is 0 Å². The molecule has 0 aliphatic heterocycles. The van der Waals surface area contributed by atoms with Crippen LogP contribution in [-0.2, 0) is 6.54 Å². The molecule has 2 nitrogen and oxygen atoms in total. The van der Waals surface area contributed by atoms with Crippen molar-refractivity contribution in [3.63, 3.8) is 0 Å². The van der Waals surface area contributed by atoms with Gasteiger partial charge in [-0.3, -0.25) is 0 Å². The van der Waals surface area contributed by atoms with Gasteiger partial charge < -0.3 is 10.2 Å². The smallest absolute Gasteiger partial charge is 0.0701 e. The van der Waals surface area contributed by atoms with E-state index in [1.54, 1.807) is 11.3 Å². The Hall–Kier alpha value is 0.100. The van der Waals surface area contributed by atoms with Crippen molar-refractivity contribution < 1.29 is 0 Å². The van der Waals surface area contributed by atoms with Crippen LogP contribution in [0.2, 0.25) is 0 Å². The molecule has 0 amide bonds. The fourth-order valence-corrected chi connectivity index (χ4v) is 3.66. The van der Waals surface area contributed by atoms with E-state index in [0.29, 0.717) is 0 Å². The third-order valence-electron chi connectivity index (χ3n) is 3.54. The molecule has 0 saturated heterocycles. The van der Waals surface area contributed by atoms with Gasteiger partial charge in [-0.1, -0.05) is 12.8 Å². The standard InChI is InChI=1S/C13H21BrN2S/c1-16(12-4-2-3-5-12)7-6-15-9-11-8-13(14)17-10-11/h8,10,12,15H,2-7,9H2,1H3. The lowest BCUT2D eigenvalue weighted by atomic mass is 10.2. The van der Waals surface area contributed by atoms with Gasteiger partial charge in [0.1, 0.15) is 0 Å². The first-order chi connectivity index (χ1) is 8.25. The van der Waals surface area contributed by atoms with Gasteiger partial charge >= 0.3 is 0 Å². The molecule has 1 fully saturated rings. The third kappa shape index (κ3) is 4.36. The van der Waals surface area contributed by atoms with Crippen LogP contribution in [0, 0.1) is 0 Å². The monoisotopic (exact) mass is 316 g/mol. The van der Waals surface area contributed by atoms with Gasteiger partial charge in [0.2, 0.25) is 0 Å². The second kappa shape index (κ2) is 6.88. The van der Waals surface area contributed by atoms with E-state index in [1.165, 1.54) is 35.0 Å².